The fourth-order valence-corrected chi connectivity index (χ4v) is 6.04. The number of rotatable bonds is 7. The molecule has 0 fully saturated rings. The molecule has 2 unspecified atom stereocenters. The van der Waals surface area contributed by atoms with Crippen LogP contribution >= 0.6 is 34.7 Å². The van der Waals surface area contributed by atoms with Crippen LogP contribution in [0, 0.1) is 0 Å². The molecule has 0 saturated carbocycles. The van der Waals surface area contributed by atoms with Gasteiger partial charge in [-0.3, -0.25) is 4.79 Å². The van der Waals surface area contributed by atoms with E-state index in [1.165, 1.54) is 4.88 Å². The van der Waals surface area contributed by atoms with E-state index in [0.29, 0.717) is 29.2 Å². The quantitative estimate of drug-likeness (QED) is 0.380. The smallest absolute Gasteiger partial charge is 0.336 e. The molecule has 4 rings (SSSR count). The Labute approximate surface area is 202 Å². The van der Waals surface area contributed by atoms with Crippen LogP contribution in [0.3, 0.4) is 0 Å². The Kier molecular flexibility index (Phi) is 7.44. The third-order valence-electron chi connectivity index (χ3n) is 5.87. The van der Waals surface area contributed by atoms with Gasteiger partial charge in [0.15, 0.2) is 5.78 Å². The zero-order valence-electron chi connectivity index (χ0n) is 18.2. The SMILES string of the molecule is CCSCCOC(=O)C1=C(C)NC2=C(C(=O)CC(c3cccs3)C2)C1c1ccccc1Cl. The van der Waals surface area contributed by atoms with Gasteiger partial charge in [0.25, 0.3) is 0 Å². The Morgan fingerprint density at radius 2 is 2.06 bits per heavy atom. The number of ketones is 1. The van der Waals surface area contributed by atoms with Gasteiger partial charge >= 0.3 is 5.97 Å². The van der Waals surface area contributed by atoms with Crippen molar-refractivity contribution in [3.8, 4) is 0 Å². The molecule has 1 N–H and O–H groups in total. The van der Waals surface area contributed by atoms with Crippen molar-refractivity contribution >= 4 is 46.5 Å². The minimum absolute atomic E-state index is 0.0569. The lowest BCUT2D eigenvalue weighted by Gasteiger charge is -2.36. The van der Waals surface area contributed by atoms with E-state index in [9.17, 15) is 9.59 Å². The van der Waals surface area contributed by atoms with Crippen molar-refractivity contribution in [3.63, 3.8) is 0 Å². The second-order valence-electron chi connectivity index (χ2n) is 7.89. The number of dihydropyridines is 1. The predicted octanol–water partition coefficient (Wildman–Crippen LogP) is 6.06. The second-order valence-corrected chi connectivity index (χ2v) is 10.7. The molecule has 1 aromatic carbocycles. The highest BCUT2D eigenvalue weighted by Gasteiger charge is 2.42. The van der Waals surface area contributed by atoms with Gasteiger partial charge in [0.1, 0.15) is 6.61 Å². The Hall–Kier alpha value is -2.02. The van der Waals surface area contributed by atoms with Crippen LogP contribution in [0.25, 0.3) is 0 Å². The third-order valence-corrected chi connectivity index (χ3v) is 8.12. The molecular weight excluding hydrogens is 462 g/mol. The van der Waals surface area contributed by atoms with Gasteiger partial charge in [0.2, 0.25) is 0 Å². The average molecular weight is 488 g/mol. The van der Waals surface area contributed by atoms with Gasteiger partial charge in [0, 0.05) is 50.9 Å². The van der Waals surface area contributed by atoms with Crippen molar-refractivity contribution in [1.29, 1.82) is 0 Å². The van der Waals surface area contributed by atoms with Gasteiger partial charge in [-0.1, -0.05) is 42.8 Å². The number of thioether (sulfide) groups is 1. The summed E-state index contributed by atoms with van der Waals surface area (Å²) in [5.41, 5.74) is 3.49. The van der Waals surface area contributed by atoms with Crippen LogP contribution in [0.5, 0.6) is 0 Å². The van der Waals surface area contributed by atoms with E-state index in [0.717, 1.165) is 34.9 Å². The predicted molar refractivity (Wildman–Crippen MR) is 132 cm³/mol. The average Bonchev–Trinajstić information content (AvgIpc) is 3.31. The number of nitrogens with one attached hydrogen (secondary N) is 1. The zero-order valence-corrected chi connectivity index (χ0v) is 20.5. The number of hydrogen-bond donors (Lipinski definition) is 1. The van der Waals surface area contributed by atoms with Crippen molar-refractivity contribution in [3.05, 3.63) is 79.8 Å². The number of carbonyl (C=O) groups excluding carboxylic acids is 2. The molecule has 1 aromatic heterocycles. The van der Waals surface area contributed by atoms with Crippen molar-refractivity contribution in [2.45, 2.75) is 38.5 Å². The summed E-state index contributed by atoms with van der Waals surface area (Å²) in [6, 6.07) is 11.6. The summed E-state index contributed by atoms with van der Waals surface area (Å²) in [5.74, 6) is 1.00. The molecule has 0 saturated heterocycles. The third kappa shape index (κ3) is 4.68. The number of thiophene rings is 1. The minimum Gasteiger partial charge on any atom is -0.461 e. The second kappa shape index (κ2) is 10.3. The molecular formula is C25H26ClNO3S2. The first-order chi connectivity index (χ1) is 15.5. The molecule has 0 radical (unpaired) electrons. The highest BCUT2D eigenvalue weighted by molar-refractivity contribution is 7.99. The lowest BCUT2D eigenvalue weighted by atomic mass is 9.72. The lowest BCUT2D eigenvalue weighted by molar-refractivity contribution is -0.138. The summed E-state index contributed by atoms with van der Waals surface area (Å²) in [6.07, 6.45) is 1.16. The van der Waals surface area contributed by atoms with Crippen LogP contribution in [0.1, 0.15) is 49.0 Å². The fourth-order valence-electron chi connectivity index (χ4n) is 4.47. The molecule has 0 spiro atoms. The van der Waals surface area contributed by atoms with Crippen molar-refractivity contribution in [2.24, 2.45) is 0 Å². The van der Waals surface area contributed by atoms with Crippen LogP contribution in [-0.2, 0) is 14.3 Å². The van der Waals surface area contributed by atoms with Crippen LogP contribution in [0.15, 0.2) is 64.3 Å². The Balaban J connectivity index is 1.73. The number of ether oxygens (including phenoxy) is 1. The fraction of sp³-hybridized carbons (Fsp3) is 0.360. The van der Waals surface area contributed by atoms with E-state index >= 15 is 0 Å². The monoisotopic (exact) mass is 487 g/mol. The number of carbonyl (C=O) groups is 2. The molecule has 32 heavy (non-hydrogen) atoms. The topological polar surface area (TPSA) is 55.4 Å². The van der Waals surface area contributed by atoms with Gasteiger partial charge < -0.3 is 10.1 Å². The van der Waals surface area contributed by atoms with Crippen molar-refractivity contribution in [1.82, 2.24) is 5.32 Å². The highest BCUT2D eigenvalue weighted by Crippen LogP contribution is 2.47. The normalized spacial score (nSPS) is 20.8. The molecule has 0 bridgehead atoms. The summed E-state index contributed by atoms with van der Waals surface area (Å²) < 4.78 is 5.61. The van der Waals surface area contributed by atoms with E-state index < -0.39 is 11.9 Å². The Morgan fingerprint density at radius 1 is 1.25 bits per heavy atom. The molecule has 168 valence electrons. The minimum atomic E-state index is -0.525. The van der Waals surface area contributed by atoms with E-state index in [1.54, 1.807) is 29.2 Å². The highest BCUT2D eigenvalue weighted by atomic mass is 35.5. The summed E-state index contributed by atoms with van der Waals surface area (Å²) in [7, 11) is 0. The summed E-state index contributed by atoms with van der Waals surface area (Å²) in [6.45, 7) is 4.29. The first kappa shape index (κ1) is 23.1. The van der Waals surface area contributed by atoms with E-state index in [4.69, 9.17) is 16.3 Å². The number of Topliss-reactive ketones (excluding diaryl/α,β-unsaturated/α-hetero) is 1. The van der Waals surface area contributed by atoms with Gasteiger partial charge in [-0.05, 0) is 42.2 Å². The number of benzene rings is 1. The summed E-state index contributed by atoms with van der Waals surface area (Å²) in [5, 5.41) is 5.97. The van der Waals surface area contributed by atoms with Gasteiger partial charge in [-0.15, -0.1) is 11.3 Å². The molecule has 2 aromatic rings. The number of hydrogen-bond acceptors (Lipinski definition) is 6. The molecule has 0 amide bonds. The molecule has 2 aliphatic rings. The summed E-state index contributed by atoms with van der Waals surface area (Å²) >= 11 is 9.98. The lowest BCUT2D eigenvalue weighted by Crippen LogP contribution is -2.36. The van der Waals surface area contributed by atoms with Crippen molar-refractivity contribution in [2.75, 3.05) is 18.1 Å². The van der Waals surface area contributed by atoms with E-state index in [2.05, 4.69) is 18.3 Å². The van der Waals surface area contributed by atoms with Gasteiger partial charge in [-0.25, -0.2) is 4.79 Å². The molecule has 2 heterocycles. The van der Waals surface area contributed by atoms with Crippen LogP contribution in [-0.4, -0.2) is 29.9 Å². The Morgan fingerprint density at radius 3 is 2.78 bits per heavy atom. The maximum Gasteiger partial charge on any atom is 0.336 e. The van der Waals surface area contributed by atoms with E-state index in [-0.39, 0.29) is 11.7 Å². The number of allylic oxidation sites excluding steroid dienone is 3. The number of esters is 1. The van der Waals surface area contributed by atoms with Crippen LogP contribution in [0.4, 0.5) is 0 Å². The van der Waals surface area contributed by atoms with Crippen LogP contribution < -0.4 is 5.32 Å². The molecule has 1 aliphatic carbocycles. The zero-order chi connectivity index (χ0) is 22.7. The van der Waals surface area contributed by atoms with Crippen molar-refractivity contribution < 1.29 is 14.3 Å². The Bertz CT molecular complexity index is 1070. The molecule has 2 atom stereocenters. The van der Waals surface area contributed by atoms with Crippen LogP contribution in [0.2, 0.25) is 5.02 Å². The van der Waals surface area contributed by atoms with Gasteiger partial charge in [-0.2, -0.15) is 11.8 Å². The number of halogens is 1. The molecule has 4 nitrogen and oxygen atoms in total. The molecule has 1 aliphatic heterocycles. The first-order valence-electron chi connectivity index (χ1n) is 10.8. The van der Waals surface area contributed by atoms with E-state index in [1.807, 2.05) is 36.6 Å². The maximum absolute atomic E-state index is 13.5. The largest absolute Gasteiger partial charge is 0.461 e. The molecule has 7 heteroatoms. The maximum atomic E-state index is 13.5. The standard InChI is InChI=1S/C25H26ClNO3S2/c1-3-31-12-10-30-25(29)22-15(2)27-19-13-16(21-9-6-11-32-21)14-20(28)24(19)23(22)17-7-4-5-8-18(17)26/h4-9,11,16,23,27H,3,10,12-14H2,1-2H3. The van der Waals surface area contributed by atoms with Gasteiger partial charge in [0.05, 0.1) is 5.57 Å². The summed E-state index contributed by atoms with van der Waals surface area (Å²) in [4.78, 5) is 27.9. The first-order valence-corrected chi connectivity index (χ1v) is 13.2.